The lowest BCUT2D eigenvalue weighted by Gasteiger charge is -2.49. The molecule has 1 heterocycles. The fourth-order valence-corrected chi connectivity index (χ4v) is 3.12. The second kappa shape index (κ2) is 5.45. The van der Waals surface area contributed by atoms with Gasteiger partial charge in [-0.2, -0.15) is 0 Å². The Morgan fingerprint density at radius 1 is 1.53 bits per heavy atom. The van der Waals surface area contributed by atoms with E-state index >= 15 is 0 Å². The summed E-state index contributed by atoms with van der Waals surface area (Å²) < 4.78 is 0. The van der Waals surface area contributed by atoms with Gasteiger partial charge in [-0.1, -0.05) is 24.3 Å². The molecule has 0 bridgehead atoms. The van der Waals surface area contributed by atoms with Crippen LogP contribution in [0.1, 0.15) is 13.8 Å². The van der Waals surface area contributed by atoms with Gasteiger partial charge in [-0.15, -0.1) is 0 Å². The SMILES string of the molecule is CC(C)N1CCNCC1C1(C(N)=O)C=CC=CC1O. The third-order valence-corrected chi connectivity index (χ3v) is 4.19. The van der Waals surface area contributed by atoms with Gasteiger partial charge in [0.15, 0.2) is 0 Å². The standard InChI is InChI=1S/C14H23N3O2/c1-10(2)17-8-7-16-9-11(17)14(13(15)19)6-4-3-5-12(14)18/h3-6,10-12,16,18H,7-9H2,1-2H3,(H2,15,19). The summed E-state index contributed by atoms with van der Waals surface area (Å²) in [6, 6.07) is 0.171. The number of aliphatic hydroxyl groups is 1. The van der Waals surface area contributed by atoms with Crippen molar-refractivity contribution in [2.45, 2.75) is 32.0 Å². The minimum atomic E-state index is -1.05. The Morgan fingerprint density at radius 2 is 2.26 bits per heavy atom. The summed E-state index contributed by atoms with van der Waals surface area (Å²) in [6.07, 6.45) is 6.07. The molecular weight excluding hydrogens is 242 g/mol. The van der Waals surface area contributed by atoms with E-state index in [2.05, 4.69) is 24.1 Å². The summed E-state index contributed by atoms with van der Waals surface area (Å²) in [4.78, 5) is 14.3. The molecule has 1 aliphatic heterocycles. The van der Waals surface area contributed by atoms with Crippen LogP contribution in [0, 0.1) is 5.41 Å². The van der Waals surface area contributed by atoms with E-state index in [1.54, 1.807) is 24.3 Å². The topological polar surface area (TPSA) is 78.6 Å². The maximum atomic E-state index is 12.1. The van der Waals surface area contributed by atoms with Crippen LogP contribution >= 0.6 is 0 Å². The molecule has 0 saturated carbocycles. The number of allylic oxidation sites excluding steroid dienone is 2. The van der Waals surface area contributed by atoms with Gasteiger partial charge in [0.25, 0.3) is 0 Å². The molecule has 0 spiro atoms. The zero-order valence-electron chi connectivity index (χ0n) is 11.5. The van der Waals surface area contributed by atoms with E-state index < -0.39 is 17.4 Å². The van der Waals surface area contributed by atoms with Crippen LogP contribution in [0.4, 0.5) is 0 Å². The Morgan fingerprint density at radius 3 is 2.84 bits per heavy atom. The third kappa shape index (κ3) is 2.33. The van der Waals surface area contributed by atoms with Crippen molar-refractivity contribution < 1.29 is 9.90 Å². The van der Waals surface area contributed by atoms with Gasteiger partial charge in [0.1, 0.15) is 5.41 Å². The number of hydrogen-bond donors (Lipinski definition) is 3. The monoisotopic (exact) mass is 265 g/mol. The number of primary amides is 1. The summed E-state index contributed by atoms with van der Waals surface area (Å²) in [5.41, 5.74) is 4.60. The molecule has 1 fully saturated rings. The molecule has 5 nitrogen and oxygen atoms in total. The molecule has 3 unspecified atom stereocenters. The lowest BCUT2D eigenvalue weighted by Crippen LogP contribution is -2.66. The van der Waals surface area contributed by atoms with E-state index in [1.165, 1.54) is 0 Å². The summed E-state index contributed by atoms with van der Waals surface area (Å²) in [6.45, 7) is 6.58. The van der Waals surface area contributed by atoms with Crippen LogP contribution in [-0.2, 0) is 4.79 Å². The number of carbonyl (C=O) groups excluding carboxylic acids is 1. The van der Waals surface area contributed by atoms with E-state index in [0.717, 1.165) is 13.1 Å². The second-order valence-electron chi connectivity index (χ2n) is 5.54. The molecule has 1 saturated heterocycles. The first-order chi connectivity index (χ1) is 9.00. The number of aliphatic hydroxyl groups excluding tert-OH is 1. The zero-order chi connectivity index (χ0) is 14.0. The predicted molar refractivity (Wildman–Crippen MR) is 74.4 cm³/mol. The summed E-state index contributed by atoms with van der Waals surface area (Å²) >= 11 is 0. The molecule has 2 aliphatic rings. The van der Waals surface area contributed by atoms with Crippen molar-refractivity contribution in [2.75, 3.05) is 19.6 Å². The number of piperazine rings is 1. The highest BCUT2D eigenvalue weighted by atomic mass is 16.3. The summed E-state index contributed by atoms with van der Waals surface area (Å²) in [7, 11) is 0. The number of nitrogens with zero attached hydrogens (tertiary/aromatic N) is 1. The molecule has 19 heavy (non-hydrogen) atoms. The quantitative estimate of drug-likeness (QED) is 0.650. The first-order valence-electron chi connectivity index (χ1n) is 6.80. The highest BCUT2D eigenvalue weighted by Gasteiger charge is 2.51. The molecular formula is C14H23N3O2. The van der Waals surface area contributed by atoms with Gasteiger partial charge in [0.05, 0.1) is 6.10 Å². The van der Waals surface area contributed by atoms with E-state index in [0.29, 0.717) is 12.6 Å². The molecule has 2 rings (SSSR count). The molecule has 4 N–H and O–H groups in total. The number of nitrogens with one attached hydrogen (secondary N) is 1. The van der Waals surface area contributed by atoms with Crippen molar-refractivity contribution in [3.63, 3.8) is 0 Å². The van der Waals surface area contributed by atoms with Crippen molar-refractivity contribution in [1.29, 1.82) is 0 Å². The average Bonchev–Trinajstić information content (AvgIpc) is 2.39. The highest BCUT2D eigenvalue weighted by Crippen LogP contribution is 2.36. The number of hydrogen-bond acceptors (Lipinski definition) is 4. The molecule has 0 aromatic rings. The smallest absolute Gasteiger partial charge is 0.232 e. The summed E-state index contributed by atoms with van der Waals surface area (Å²) in [5.74, 6) is -0.472. The van der Waals surface area contributed by atoms with Crippen LogP contribution in [0.2, 0.25) is 0 Å². The van der Waals surface area contributed by atoms with Gasteiger partial charge in [-0.3, -0.25) is 9.69 Å². The third-order valence-electron chi connectivity index (χ3n) is 4.19. The maximum absolute atomic E-state index is 12.1. The minimum absolute atomic E-state index is 0.130. The Kier molecular flexibility index (Phi) is 4.08. The largest absolute Gasteiger partial charge is 0.388 e. The molecule has 3 atom stereocenters. The fraction of sp³-hybridized carbons (Fsp3) is 0.643. The van der Waals surface area contributed by atoms with Crippen LogP contribution in [0.3, 0.4) is 0 Å². The van der Waals surface area contributed by atoms with Gasteiger partial charge in [0, 0.05) is 31.7 Å². The average molecular weight is 265 g/mol. The van der Waals surface area contributed by atoms with Crippen LogP contribution in [0.5, 0.6) is 0 Å². The number of carbonyl (C=O) groups is 1. The van der Waals surface area contributed by atoms with Gasteiger partial charge < -0.3 is 16.2 Å². The molecule has 0 radical (unpaired) electrons. The first kappa shape index (κ1) is 14.2. The lowest BCUT2D eigenvalue weighted by molar-refractivity contribution is -0.135. The predicted octanol–water partition coefficient (Wildman–Crippen LogP) is -0.373. The highest BCUT2D eigenvalue weighted by molar-refractivity contribution is 5.85. The number of amides is 1. The molecule has 0 aromatic heterocycles. The van der Waals surface area contributed by atoms with E-state index in [4.69, 9.17) is 5.73 Å². The molecule has 0 aromatic carbocycles. The Balaban J connectivity index is 2.40. The summed E-state index contributed by atoms with van der Waals surface area (Å²) in [5, 5.41) is 13.6. The van der Waals surface area contributed by atoms with Crippen LogP contribution in [0.25, 0.3) is 0 Å². The van der Waals surface area contributed by atoms with Crippen molar-refractivity contribution in [2.24, 2.45) is 11.1 Å². The van der Waals surface area contributed by atoms with Crippen molar-refractivity contribution >= 4 is 5.91 Å². The Labute approximate surface area is 114 Å². The molecule has 1 aliphatic carbocycles. The maximum Gasteiger partial charge on any atom is 0.232 e. The number of rotatable bonds is 3. The zero-order valence-corrected chi connectivity index (χ0v) is 11.5. The van der Waals surface area contributed by atoms with Gasteiger partial charge in [0.2, 0.25) is 5.91 Å². The number of nitrogens with two attached hydrogens (primary N) is 1. The van der Waals surface area contributed by atoms with Crippen LogP contribution in [-0.4, -0.2) is 53.7 Å². The molecule has 1 amide bonds. The van der Waals surface area contributed by atoms with Crippen LogP contribution < -0.4 is 11.1 Å². The normalized spacial score (nSPS) is 35.8. The lowest BCUT2D eigenvalue weighted by atomic mass is 9.70. The first-order valence-corrected chi connectivity index (χ1v) is 6.80. The van der Waals surface area contributed by atoms with E-state index in [9.17, 15) is 9.90 Å². The minimum Gasteiger partial charge on any atom is -0.388 e. The van der Waals surface area contributed by atoms with Gasteiger partial charge >= 0.3 is 0 Å². The van der Waals surface area contributed by atoms with E-state index in [-0.39, 0.29) is 6.04 Å². The van der Waals surface area contributed by atoms with Crippen molar-refractivity contribution in [3.8, 4) is 0 Å². The van der Waals surface area contributed by atoms with Gasteiger partial charge in [-0.05, 0) is 13.8 Å². The fourth-order valence-electron chi connectivity index (χ4n) is 3.12. The van der Waals surface area contributed by atoms with Crippen LogP contribution in [0.15, 0.2) is 24.3 Å². The Bertz CT molecular complexity index is 405. The Hall–Kier alpha value is -1.17. The second-order valence-corrected chi connectivity index (χ2v) is 5.54. The van der Waals surface area contributed by atoms with Gasteiger partial charge in [-0.25, -0.2) is 0 Å². The molecule has 5 heteroatoms. The van der Waals surface area contributed by atoms with E-state index in [1.807, 2.05) is 0 Å². The van der Waals surface area contributed by atoms with Crippen molar-refractivity contribution in [1.82, 2.24) is 10.2 Å². The molecule has 106 valence electrons. The van der Waals surface area contributed by atoms with Crippen molar-refractivity contribution in [3.05, 3.63) is 24.3 Å².